The first kappa shape index (κ1) is 30.7. The fourth-order valence-corrected chi connectivity index (χ4v) is 6.11. The molecule has 3 atom stereocenters. The topological polar surface area (TPSA) is 109 Å². The van der Waals surface area contributed by atoms with Crippen molar-refractivity contribution >= 4 is 22.6 Å². The molecule has 2 heterocycles. The number of rotatable bonds is 9. The number of aromatic amines is 1. The van der Waals surface area contributed by atoms with Gasteiger partial charge in [0.2, 0.25) is 0 Å². The number of hydrogen-bond acceptors (Lipinski definition) is 7. The van der Waals surface area contributed by atoms with E-state index in [1.54, 1.807) is 0 Å². The molecule has 0 aliphatic carbocycles. The second kappa shape index (κ2) is 10.7. The van der Waals surface area contributed by atoms with Gasteiger partial charge in [0.1, 0.15) is 6.10 Å². The van der Waals surface area contributed by atoms with E-state index in [0.717, 1.165) is 0 Å². The van der Waals surface area contributed by atoms with Gasteiger partial charge in [-0.25, -0.2) is 4.79 Å². The Kier molecular flexibility index (Phi) is 9.10. The maximum absolute atomic E-state index is 12.9. The lowest BCUT2D eigenvalue weighted by Gasteiger charge is -2.40. The minimum absolute atomic E-state index is 0.0131. The van der Waals surface area contributed by atoms with E-state index in [4.69, 9.17) is 18.3 Å². The SMILES string of the molecule is COC(=O)CC[C@@]1(n2ccc(=O)[nH]c2=O)C[C@H](O[Si](C)(C)C(C)(C)C)[C@@H](CO[Si](C)(C)C(C)(C)C)O1. The second-order valence-corrected chi connectivity index (χ2v) is 22.4. The molecule has 0 bridgehead atoms. The van der Waals surface area contributed by atoms with Crippen molar-refractivity contribution in [3.63, 3.8) is 0 Å². The smallest absolute Gasteiger partial charge is 0.330 e. The van der Waals surface area contributed by atoms with Crippen LogP contribution in [-0.2, 0) is 28.8 Å². The molecular weight excluding hydrogens is 496 g/mol. The molecule has 0 amide bonds. The summed E-state index contributed by atoms with van der Waals surface area (Å²) in [5.74, 6) is -0.404. The minimum Gasteiger partial charge on any atom is -0.469 e. The molecule has 0 spiro atoms. The minimum atomic E-state index is -2.22. The highest BCUT2D eigenvalue weighted by Crippen LogP contribution is 2.45. The molecule has 1 aromatic heterocycles. The lowest BCUT2D eigenvalue weighted by molar-refractivity contribution is -0.148. The number of nitrogens with one attached hydrogen (secondary N) is 1. The van der Waals surface area contributed by atoms with Crippen LogP contribution in [0.25, 0.3) is 0 Å². The summed E-state index contributed by atoms with van der Waals surface area (Å²) in [5.41, 5.74) is -2.28. The van der Waals surface area contributed by atoms with Crippen molar-refractivity contribution in [3.8, 4) is 0 Å². The maximum Gasteiger partial charge on any atom is 0.330 e. The first-order valence-corrected chi connectivity index (χ1v) is 18.5. The van der Waals surface area contributed by atoms with Crippen molar-refractivity contribution in [2.24, 2.45) is 0 Å². The Morgan fingerprint density at radius 3 is 2.19 bits per heavy atom. The van der Waals surface area contributed by atoms with Crippen LogP contribution >= 0.6 is 0 Å². The van der Waals surface area contributed by atoms with Gasteiger partial charge in [-0.1, -0.05) is 41.5 Å². The number of carbonyl (C=O) groups excluding carboxylic acids is 1. The third-order valence-electron chi connectivity index (χ3n) is 8.18. The predicted molar refractivity (Wildman–Crippen MR) is 145 cm³/mol. The summed E-state index contributed by atoms with van der Waals surface area (Å²) in [6.45, 7) is 22.1. The predicted octanol–water partition coefficient (Wildman–Crippen LogP) is 4.34. The number of methoxy groups -OCH3 is 1. The fourth-order valence-electron chi connectivity index (χ4n) is 3.75. The maximum atomic E-state index is 12.9. The molecule has 1 aromatic rings. The Morgan fingerprint density at radius 2 is 1.69 bits per heavy atom. The van der Waals surface area contributed by atoms with E-state index in [0.29, 0.717) is 13.0 Å². The van der Waals surface area contributed by atoms with Gasteiger partial charge in [-0.05, 0) is 36.3 Å². The Hall–Kier alpha value is -1.54. The summed E-state index contributed by atoms with van der Waals surface area (Å²) in [6.07, 6.45) is 1.20. The number of ether oxygens (including phenoxy) is 2. The molecule has 1 N–H and O–H groups in total. The second-order valence-electron chi connectivity index (χ2n) is 12.9. The molecule has 206 valence electrons. The summed E-state index contributed by atoms with van der Waals surface area (Å²) in [6, 6.07) is 1.29. The van der Waals surface area contributed by atoms with E-state index in [1.807, 2.05) is 0 Å². The highest BCUT2D eigenvalue weighted by molar-refractivity contribution is 6.74. The van der Waals surface area contributed by atoms with Crippen molar-refractivity contribution in [2.45, 2.75) is 115 Å². The molecule has 11 heteroatoms. The van der Waals surface area contributed by atoms with Gasteiger partial charge in [0.25, 0.3) is 5.56 Å². The standard InChI is InChI=1S/C25H46N2O7Si2/c1-23(2,3)35(8,9)32-17-19-18(34-36(10,11)24(4,5)6)16-25(33-19,14-12-21(29)31-7)27-15-13-20(28)26-22(27)30/h13,15,18-19H,12,14,16-17H2,1-11H3,(H,26,28,30)/t18-,19+,25-/m0/s1. The molecule has 0 saturated carbocycles. The molecule has 36 heavy (non-hydrogen) atoms. The third-order valence-corrected chi connectivity index (χ3v) is 17.2. The van der Waals surface area contributed by atoms with Gasteiger partial charge in [0.05, 0.1) is 26.2 Å². The summed E-state index contributed by atoms with van der Waals surface area (Å²) in [4.78, 5) is 39.1. The summed E-state index contributed by atoms with van der Waals surface area (Å²) < 4.78 is 26.3. The molecule has 1 aliphatic heterocycles. The molecule has 1 saturated heterocycles. The molecule has 0 radical (unpaired) electrons. The zero-order valence-electron chi connectivity index (χ0n) is 23.9. The van der Waals surface area contributed by atoms with E-state index in [-0.39, 0.29) is 29.0 Å². The molecule has 1 aliphatic rings. The van der Waals surface area contributed by atoms with Crippen LogP contribution in [0.15, 0.2) is 21.9 Å². The number of nitrogens with zero attached hydrogens (tertiary/aromatic N) is 1. The van der Waals surface area contributed by atoms with E-state index in [9.17, 15) is 14.4 Å². The van der Waals surface area contributed by atoms with Crippen molar-refractivity contribution in [1.82, 2.24) is 9.55 Å². The first-order chi connectivity index (χ1) is 16.2. The van der Waals surface area contributed by atoms with Crippen LogP contribution in [0.5, 0.6) is 0 Å². The largest absolute Gasteiger partial charge is 0.469 e. The van der Waals surface area contributed by atoms with Crippen molar-refractivity contribution < 1.29 is 23.1 Å². The fraction of sp³-hybridized carbons (Fsp3) is 0.800. The van der Waals surface area contributed by atoms with Crippen LogP contribution in [0.2, 0.25) is 36.3 Å². The average Bonchev–Trinajstić information content (AvgIpc) is 3.06. The zero-order chi connectivity index (χ0) is 27.7. The van der Waals surface area contributed by atoms with Gasteiger partial charge >= 0.3 is 11.7 Å². The summed E-state index contributed by atoms with van der Waals surface area (Å²) in [7, 11) is -2.99. The van der Waals surface area contributed by atoms with Crippen LogP contribution in [0.1, 0.15) is 60.8 Å². The van der Waals surface area contributed by atoms with Gasteiger partial charge in [0.15, 0.2) is 22.4 Å². The number of H-pyrrole nitrogens is 1. The van der Waals surface area contributed by atoms with Gasteiger partial charge in [0, 0.05) is 25.1 Å². The van der Waals surface area contributed by atoms with Gasteiger partial charge in [-0.3, -0.25) is 19.1 Å². The number of hydrogen-bond donors (Lipinski definition) is 1. The Bertz CT molecular complexity index is 1040. The van der Waals surface area contributed by atoms with E-state index < -0.39 is 45.7 Å². The molecule has 1 fully saturated rings. The Balaban J connectivity index is 2.53. The van der Waals surface area contributed by atoms with E-state index in [1.165, 1.54) is 23.9 Å². The molecule has 0 unspecified atom stereocenters. The van der Waals surface area contributed by atoms with Crippen LogP contribution in [-0.4, -0.2) is 58.1 Å². The molecular formula is C25H46N2O7Si2. The van der Waals surface area contributed by atoms with E-state index >= 15 is 0 Å². The Labute approximate surface area is 217 Å². The number of carbonyl (C=O) groups is 1. The van der Waals surface area contributed by atoms with Crippen molar-refractivity contribution in [2.75, 3.05) is 13.7 Å². The van der Waals surface area contributed by atoms with Crippen molar-refractivity contribution in [1.29, 1.82) is 0 Å². The van der Waals surface area contributed by atoms with Crippen LogP contribution in [0, 0.1) is 0 Å². The van der Waals surface area contributed by atoms with E-state index in [2.05, 4.69) is 72.7 Å². The van der Waals surface area contributed by atoms with Gasteiger partial charge in [-0.2, -0.15) is 0 Å². The molecule has 9 nitrogen and oxygen atoms in total. The number of esters is 1. The summed E-state index contributed by atoms with van der Waals surface area (Å²) >= 11 is 0. The zero-order valence-corrected chi connectivity index (χ0v) is 25.9. The van der Waals surface area contributed by atoms with Gasteiger partial charge in [-0.15, -0.1) is 0 Å². The lowest BCUT2D eigenvalue weighted by atomic mass is 10.0. The van der Waals surface area contributed by atoms with Crippen molar-refractivity contribution in [3.05, 3.63) is 33.1 Å². The number of aromatic nitrogens is 2. The highest BCUT2D eigenvalue weighted by atomic mass is 28.4. The lowest BCUT2D eigenvalue weighted by Crippen LogP contribution is -2.48. The quantitative estimate of drug-likeness (QED) is 0.365. The highest BCUT2D eigenvalue weighted by Gasteiger charge is 2.53. The Morgan fingerprint density at radius 1 is 1.11 bits per heavy atom. The average molecular weight is 543 g/mol. The van der Waals surface area contributed by atoms with Gasteiger partial charge < -0.3 is 18.3 Å². The molecule has 0 aromatic carbocycles. The normalized spacial score (nSPS) is 23.6. The monoisotopic (exact) mass is 542 g/mol. The van der Waals surface area contributed by atoms with Crippen LogP contribution < -0.4 is 11.2 Å². The summed E-state index contributed by atoms with van der Waals surface area (Å²) in [5, 5.41) is -0.0247. The third kappa shape index (κ3) is 6.86. The van der Waals surface area contributed by atoms with Crippen LogP contribution in [0.3, 0.4) is 0 Å². The van der Waals surface area contributed by atoms with Crippen LogP contribution in [0.4, 0.5) is 0 Å². The first-order valence-electron chi connectivity index (χ1n) is 12.6. The molecule has 2 rings (SSSR count).